The minimum Gasteiger partial charge on any atom is -0.354 e. The van der Waals surface area contributed by atoms with E-state index >= 15 is 0 Å². The lowest BCUT2D eigenvalue weighted by Crippen LogP contribution is -2.52. The van der Waals surface area contributed by atoms with Crippen molar-refractivity contribution >= 4 is 5.91 Å². The highest BCUT2D eigenvalue weighted by molar-refractivity contribution is 5.79. The molecular formula is C13H24N2O. The molecule has 0 heterocycles. The van der Waals surface area contributed by atoms with Gasteiger partial charge in [-0.15, -0.1) is 0 Å². The molecule has 2 fully saturated rings. The van der Waals surface area contributed by atoms with E-state index in [0.717, 1.165) is 12.8 Å². The largest absolute Gasteiger partial charge is 0.354 e. The number of carbonyl (C=O) groups excluding carboxylic acids is 1. The smallest absolute Gasteiger partial charge is 0.223 e. The molecule has 2 rings (SSSR count). The van der Waals surface area contributed by atoms with Gasteiger partial charge in [0, 0.05) is 18.0 Å². The van der Waals surface area contributed by atoms with E-state index in [-0.39, 0.29) is 17.4 Å². The molecule has 0 saturated heterocycles. The molecule has 16 heavy (non-hydrogen) atoms. The number of hydrogen-bond acceptors (Lipinski definition) is 2. The lowest BCUT2D eigenvalue weighted by Gasteiger charge is -2.33. The van der Waals surface area contributed by atoms with Crippen molar-refractivity contribution in [1.82, 2.24) is 5.32 Å². The summed E-state index contributed by atoms with van der Waals surface area (Å²) >= 11 is 0. The molecule has 2 aliphatic rings. The Balaban J connectivity index is 1.74. The molecule has 2 saturated carbocycles. The van der Waals surface area contributed by atoms with E-state index in [1.807, 2.05) is 6.92 Å². The lowest BCUT2D eigenvalue weighted by atomic mass is 9.82. The van der Waals surface area contributed by atoms with Gasteiger partial charge in [0.25, 0.3) is 0 Å². The van der Waals surface area contributed by atoms with Crippen LogP contribution >= 0.6 is 0 Å². The van der Waals surface area contributed by atoms with E-state index in [4.69, 9.17) is 5.73 Å². The van der Waals surface area contributed by atoms with Crippen LogP contribution in [0.5, 0.6) is 0 Å². The van der Waals surface area contributed by atoms with Crippen molar-refractivity contribution in [3.8, 4) is 0 Å². The summed E-state index contributed by atoms with van der Waals surface area (Å²) in [5, 5.41) is 3.05. The van der Waals surface area contributed by atoms with E-state index in [0.29, 0.717) is 12.5 Å². The Bertz CT molecular complexity index is 255. The summed E-state index contributed by atoms with van der Waals surface area (Å²) in [4.78, 5) is 11.8. The number of hydrogen-bond donors (Lipinski definition) is 2. The average Bonchev–Trinajstić information content (AvgIpc) is 3.10. The van der Waals surface area contributed by atoms with Crippen LogP contribution in [0.25, 0.3) is 0 Å². The van der Waals surface area contributed by atoms with Crippen molar-refractivity contribution in [3.05, 3.63) is 0 Å². The fourth-order valence-corrected chi connectivity index (χ4v) is 2.67. The van der Waals surface area contributed by atoms with Gasteiger partial charge in [0.2, 0.25) is 5.91 Å². The number of amides is 1. The first-order valence-corrected chi connectivity index (χ1v) is 6.67. The second kappa shape index (κ2) is 4.74. The van der Waals surface area contributed by atoms with Crippen LogP contribution in [0.1, 0.15) is 51.9 Å². The second-order valence-corrected chi connectivity index (χ2v) is 5.77. The zero-order valence-corrected chi connectivity index (χ0v) is 10.3. The molecule has 1 amide bonds. The molecule has 0 aromatic rings. The summed E-state index contributed by atoms with van der Waals surface area (Å²) in [7, 11) is 0. The van der Waals surface area contributed by atoms with Crippen LogP contribution in [-0.2, 0) is 4.79 Å². The van der Waals surface area contributed by atoms with E-state index < -0.39 is 0 Å². The van der Waals surface area contributed by atoms with Crippen molar-refractivity contribution in [3.63, 3.8) is 0 Å². The van der Waals surface area contributed by atoms with Crippen molar-refractivity contribution in [2.24, 2.45) is 17.6 Å². The number of rotatable bonds is 4. The zero-order valence-electron chi connectivity index (χ0n) is 10.3. The highest BCUT2D eigenvalue weighted by atomic mass is 16.1. The van der Waals surface area contributed by atoms with Gasteiger partial charge in [-0.05, 0) is 31.6 Å². The zero-order chi connectivity index (χ0) is 11.6. The standard InChI is InChI=1S/C13H24N2O/c1-10(11-5-6-11)12(16)15-9-13(14)7-3-2-4-8-13/h10-11H,2-9,14H2,1H3,(H,15,16). The van der Waals surface area contributed by atoms with Crippen LogP contribution in [0, 0.1) is 11.8 Å². The van der Waals surface area contributed by atoms with E-state index in [9.17, 15) is 4.79 Å². The third-order valence-electron chi connectivity index (χ3n) is 4.21. The molecule has 1 unspecified atom stereocenters. The molecule has 0 bridgehead atoms. The summed E-state index contributed by atoms with van der Waals surface area (Å²) in [6.45, 7) is 2.71. The maximum Gasteiger partial charge on any atom is 0.223 e. The average molecular weight is 224 g/mol. The molecule has 0 spiro atoms. The van der Waals surface area contributed by atoms with Crippen LogP contribution < -0.4 is 11.1 Å². The van der Waals surface area contributed by atoms with Gasteiger partial charge < -0.3 is 11.1 Å². The first-order valence-electron chi connectivity index (χ1n) is 6.67. The molecule has 0 radical (unpaired) electrons. The lowest BCUT2D eigenvalue weighted by molar-refractivity contribution is -0.125. The third-order valence-corrected chi connectivity index (χ3v) is 4.21. The van der Waals surface area contributed by atoms with Crippen LogP contribution in [0.2, 0.25) is 0 Å². The molecule has 0 aromatic heterocycles. The summed E-state index contributed by atoms with van der Waals surface area (Å²) in [6.07, 6.45) is 8.29. The molecule has 0 aromatic carbocycles. The Kier molecular flexibility index (Phi) is 3.53. The van der Waals surface area contributed by atoms with Crippen molar-refractivity contribution in [1.29, 1.82) is 0 Å². The molecule has 1 atom stereocenters. The highest BCUT2D eigenvalue weighted by Crippen LogP contribution is 2.36. The maximum absolute atomic E-state index is 11.8. The van der Waals surface area contributed by atoms with Gasteiger partial charge in [-0.3, -0.25) is 4.79 Å². The van der Waals surface area contributed by atoms with Crippen LogP contribution in [0.3, 0.4) is 0 Å². The first kappa shape index (κ1) is 11.9. The fourth-order valence-electron chi connectivity index (χ4n) is 2.67. The molecule has 3 nitrogen and oxygen atoms in total. The monoisotopic (exact) mass is 224 g/mol. The molecule has 3 N–H and O–H groups in total. The van der Waals surface area contributed by atoms with E-state index in [2.05, 4.69) is 5.32 Å². The molecule has 3 heteroatoms. The Hall–Kier alpha value is -0.570. The summed E-state index contributed by atoms with van der Waals surface area (Å²) in [5.74, 6) is 1.03. The molecular weight excluding hydrogens is 200 g/mol. The van der Waals surface area contributed by atoms with Gasteiger partial charge in [-0.25, -0.2) is 0 Å². The van der Waals surface area contributed by atoms with Crippen LogP contribution in [0.4, 0.5) is 0 Å². The minimum atomic E-state index is -0.128. The molecule has 0 aliphatic heterocycles. The minimum absolute atomic E-state index is 0.128. The Labute approximate surface area is 98.2 Å². The first-order chi connectivity index (χ1) is 7.61. The van der Waals surface area contributed by atoms with Crippen molar-refractivity contribution in [2.75, 3.05) is 6.54 Å². The van der Waals surface area contributed by atoms with Gasteiger partial charge in [-0.2, -0.15) is 0 Å². The van der Waals surface area contributed by atoms with Gasteiger partial charge in [-0.1, -0.05) is 26.2 Å². The Morgan fingerprint density at radius 1 is 1.38 bits per heavy atom. The van der Waals surface area contributed by atoms with Crippen LogP contribution in [-0.4, -0.2) is 18.0 Å². The number of nitrogens with two attached hydrogens (primary N) is 1. The SMILES string of the molecule is CC(C(=O)NCC1(N)CCCCC1)C1CC1. The molecule has 92 valence electrons. The van der Waals surface area contributed by atoms with E-state index in [1.165, 1.54) is 32.1 Å². The predicted octanol–water partition coefficient (Wildman–Crippen LogP) is 1.81. The fraction of sp³-hybridized carbons (Fsp3) is 0.923. The summed E-state index contributed by atoms with van der Waals surface area (Å²) < 4.78 is 0. The molecule has 2 aliphatic carbocycles. The third kappa shape index (κ3) is 2.97. The van der Waals surface area contributed by atoms with Gasteiger partial charge in [0.1, 0.15) is 0 Å². The highest BCUT2D eigenvalue weighted by Gasteiger charge is 2.34. The van der Waals surface area contributed by atoms with Crippen molar-refractivity contribution < 1.29 is 4.79 Å². The maximum atomic E-state index is 11.8. The summed E-state index contributed by atoms with van der Waals surface area (Å²) in [5.41, 5.74) is 6.16. The summed E-state index contributed by atoms with van der Waals surface area (Å²) in [6, 6.07) is 0. The van der Waals surface area contributed by atoms with Crippen LogP contribution in [0.15, 0.2) is 0 Å². The Morgan fingerprint density at radius 2 is 2.00 bits per heavy atom. The van der Waals surface area contributed by atoms with E-state index in [1.54, 1.807) is 0 Å². The quantitative estimate of drug-likeness (QED) is 0.765. The predicted molar refractivity (Wildman–Crippen MR) is 64.9 cm³/mol. The van der Waals surface area contributed by atoms with Gasteiger partial charge in [0.05, 0.1) is 0 Å². The topological polar surface area (TPSA) is 55.1 Å². The number of nitrogens with one attached hydrogen (secondary N) is 1. The van der Waals surface area contributed by atoms with Crippen molar-refractivity contribution in [2.45, 2.75) is 57.4 Å². The number of carbonyl (C=O) groups is 1. The Morgan fingerprint density at radius 3 is 2.56 bits per heavy atom. The van der Waals surface area contributed by atoms with Gasteiger partial charge >= 0.3 is 0 Å². The van der Waals surface area contributed by atoms with Gasteiger partial charge in [0.15, 0.2) is 0 Å². The second-order valence-electron chi connectivity index (χ2n) is 5.77. The normalized spacial score (nSPS) is 26.1.